The maximum absolute atomic E-state index is 12.0. The highest BCUT2D eigenvalue weighted by atomic mass is 35.5. The summed E-state index contributed by atoms with van der Waals surface area (Å²) < 4.78 is 0. The predicted molar refractivity (Wildman–Crippen MR) is 90.8 cm³/mol. The number of nitrogens with zero attached hydrogens (tertiary/aromatic N) is 2. The minimum absolute atomic E-state index is 0.111. The van der Waals surface area contributed by atoms with Gasteiger partial charge in [0.05, 0.1) is 5.56 Å². The van der Waals surface area contributed by atoms with Gasteiger partial charge in [0.25, 0.3) is 5.91 Å². The zero-order chi connectivity index (χ0) is 16.8. The van der Waals surface area contributed by atoms with Gasteiger partial charge in [0.2, 0.25) is 5.91 Å². The Morgan fingerprint density at radius 1 is 1.30 bits per heavy atom. The number of carbonyl (C=O) groups excluding carboxylic acids is 2. The van der Waals surface area contributed by atoms with Crippen molar-refractivity contribution in [3.05, 3.63) is 58.9 Å². The summed E-state index contributed by atoms with van der Waals surface area (Å²) in [5.41, 5.74) is 2.15. The molecule has 1 aromatic heterocycles. The zero-order valence-corrected chi connectivity index (χ0v) is 13.8. The molecule has 0 spiro atoms. The van der Waals surface area contributed by atoms with Crippen molar-refractivity contribution in [2.24, 2.45) is 0 Å². The van der Waals surface area contributed by atoms with Crippen molar-refractivity contribution in [3.63, 3.8) is 0 Å². The van der Waals surface area contributed by atoms with E-state index in [0.29, 0.717) is 29.4 Å². The van der Waals surface area contributed by atoms with Gasteiger partial charge in [-0.05, 0) is 36.8 Å². The second-order valence-corrected chi connectivity index (χ2v) is 5.51. The monoisotopic (exact) mass is 331 g/mol. The van der Waals surface area contributed by atoms with E-state index >= 15 is 0 Å². The molecule has 2 amide bonds. The lowest BCUT2D eigenvalue weighted by atomic mass is 10.2. The Labute approximate surface area is 140 Å². The first-order valence-corrected chi connectivity index (χ1v) is 7.59. The second-order valence-electron chi connectivity index (χ2n) is 5.10. The van der Waals surface area contributed by atoms with Gasteiger partial charge in [-0.25, -0.2) is 0 Å². The Kier molecular flexibility index (Phi) is 5.71. The SMILES string of the molecule is CC(=O)N(CCNC(=O)c1cccnc1)c1ccc(C)c(Cl)c1. The first kappa shape index (κ1) is 17.0. The third-order valence-corrected chi connectivity index (χ3v) is 3.80. The predicted octanol–water partition coefficient (Wildman–Crippen LogP) is 2.83. The molecule has 0 saturated carbocycles. The van der Waals surface area contributed by atoms with Crippen LogP contribution in [0.5, 0.6) is 0 Å². The van der Waals surface area contributed by atoms with Crippen LogP contribution in [0.15, 0.2) is 42.7 Å². The van der Waals surface area contributed by atoms with Crippen molar-refractivity contribution in [3.8, 4) is 0 Å². The standard InChI is InChI=1S/C17H18ClN3O2/c1-12-5-6-15(10-16(12)18)21(13(2)22)9-8-20-17(23)14-4-3-7-19-11-14/h3-7,10-11H,8-9H2,1-2H3,(H,20,23). The van der Waals surface area contributed by atoms with Crippen molar-refractivity contribution < 1.29 is 9.59 Å². The van der Waals surface area contributed by atoms with Crippen LogP contribution in [0.2, 0.25) is 5.02 Å². The van der Waals surface area contributed by atoms with Gasteiger partial charge in [0.15, 0.2) is 0 Å². The van der Waals surface area contributed by atoms with E-state index in [4.69, 9.17) is 11.6 Å². The molecule has 5 nitrogen and oxygen atoms in total. The molecule has 2 rings (SSSR count). The first-order valence-electron chi connectivity index (χ1n) is 7.21. The Bertz CT molecular complexity index is 704. The van der Waals surface area contributed by atoms with Crippen molar-refractivity contribution in [2.45, 2.75) is 13.8 Å². The molecule has 0 aliphatic rings. The van der Waals surface area contributed by atoms with Gasteiger partial charge in [-0.1, -0.05) is 17.7 Å². The van der Waals surface area contributed by atoms with Crippen LogP contribution in [0.3, 0.4) is 0 Å². The minimum atomic E-state index is -0.219. The Morgan fingerprint density at radius 2 is 2.09 bits per heavy atom. The third kappa shape index (κ3) is 4.53. The van der Waals surface area contributed by atoms with Crippen molar-refractivity contribution >= 4 is 29.1 Å². The van der Waals surface area contributed by atoms with Crippen LogP contribution in [0.25, 0.3) is 0 Å². The fourth-order valence-corrected chi connectivity index (χ4v) is 2.27. The number of carbonyl (C=O) groups is 2. The first-order chi connectivity index (χ1) is 11.0. The summed E-state index contributed by atoms with van der Waals surface area (Å²) >= 11 is 6.11. The number of amides is 2. The summed E-state index contributed by atoms with van der Waals surface area (Å²) in [6, 6.07) is 8.84. The van der Waals surface area contributed by atoms with Gasteiger partial charge in [-0.3, -0.25) is 14.6 Å². The summed E-state index contributed by atoms with van der Waals surface area (Å²) in [7, 11) is 0. The molecule has 0 unspecified atom stereocenters. The molecular weight excluding hydrogens is 314 g/mol. The summed E-state index contributed by atoms with van der Waals surface area (Å²) in [6.45, 7) is 4.08. The average molecular weight is 332 g/mol. The van der Waals surface area contributed by atoms with Crippen molar-refractivity contribution in [1.82, 2.24) is 10.3 Å². The highest BCUT2D eigenvalue weighted by molar-refractivity contribution is 6.31. The zero-order valence-electron chi connectivity index (χ0n) is 13.0. The second kappa shape index (κ2) is 7.74. The van der Waals surface area contributed by atoms with E-state index in [9.17, 15) is 9.59 Å². The lowest BCUT2D eigenvalue weighted by Gasteiger charge is -2.22. The summed E-state index contributed by atoms with van der Waals surface area (Å²) in [5, 5.41) is 3.38. The molecule has 23 heavy (non-hydrogen) atoms. The van der Waals surface area contributed by atoms with Crippen LogP contribution in [-0.2, 0) is 4.79 Å². The number of nitrogens with one attached hydrogen (secondary N) is 1. The van der Waals surface area contributed by atoms with E-state index in [0.717, 1.165) is 5.56 Å². The number of rotatable bonds is 5. The smallest absolute Gasteiger partial charge is 0.252 e. The van der Waals surface area contributed by atoms with E-state index < -0.39 is 0 Å². The van der Waals surface area contributed by atoms with E-state index in [1.165, 1.54) is 13.1 Å². The topological polar surface area (TPSA) is 62.3 Å². The lowest BCUT2D eigenvalue weighted by molar-refractivity contribution is -0.116. The van der Waals surface area contributed by atoms with Gasteiger partial charge in [-0.2, -0.15) is 0 Å². The quantitative estimate of drug-likeness (QED) is 0.916. The van der Waals surface area contributed by atoms with Crippen LogP contribution in [0, 0.1) is 6.92 Å². The highest BCUT2D eigenvalue weighted by Gasteiger charge is 2.13. The number of hydrogen-bond acceptors (Lipinski definition) is 3. The maximum Gasteiger partial charge on any atom is 0.252 e. The minimum Gasteiger partial charge on any atom is -0.350 e. The van der Waals surface area contributed by atoms with Gasteiger partial charge < -0.3 is 10.2 Å². The van der Waals surface area contributed by atoms with Crippen LogP contribution in [0.4, 0.5) is 5.69 Å². The fourth-order valence-electron chi connectivity index (χ4n) is 2.10. The number of benzene rings is 1. The lowest BCUT2D eigenvalue weighted by Crippen LogP contribution is -2.37. The molecule has 0 aliphatic heterocycles. The summed E-state index contributed by atoms with van der Waals surface area (Å²) in [5.74, 6) is -0.330. The molecule has 0 atom stereocenters. The molecule has 6 heteroatoms. The van der Waals surface area contributed by atoms with E-state index in [-0.39, 0.29) is 11.8 Å². The third-order valence-electron chi connectivity index (χ3n) is 3.39. The largest absolute Gasteiger partial charge is 0.350 e. The Balaban J connectivity index is 1.99. The van der Waals surface area contributed by atoms with E-state index in [1.807, 2.05) is 19.1 Å². The number of aromatic nitrogens is 1. The van der Waals surface area contributed by atoms with Gasteiger partial charge in [-0.15, -0.1) is 0 Å². The number of pyridine rings is 1. The molecule has 2 aromatic rings. The molecule has 0 radical (unpaired) electrons. The van der Waals surface area contributed by atoms with Crippen molar-refractivity contribution in [1.29, 1.82) is 0 Å². The Hall–Kier alpha value is -2.40. The van der Waals surface area contributed by atoms with Gasteiger partial charge in [0.1, 0.15) is 0 Å². The average Bonchev–Trinajstić information content (AvgIpc) is 2.54. The van der Waals surface area contributed by atoms with Crippen LogP contribution in [0.1, 0.15) is 22.8 Å². The highest BCUT2D eigenvalue weighted by Crippen LogP contribution is 2.23. The summed E-state index contributed by atoms with van der Waals surface area (Å²) in [6.07, 6.45) is 3.10. The van der Waals surface area contributed by atoms with E-state index in [2.05, 4.69) is 10.3 Å². The van der Waals surface area contributed by atoms with Crippen molar-refractivity contribution in [2.75, 3.05) is 18.0 Å². The molecule has 120 valence electrons. The molecule has 1 heterocycles. The Morgan fingerprint density at radius 3 is 2.70 bits per heavy atom. The molecule has 1 aromatic carbocycles. The molecule has 0 saturated heterocycles. The van der Waals surface area contributed by atoms with E-state index in [1.54, 1.807) is 29.3 Å². The fraction of sp³-hybridized carbons (Fsp3) is 0.235. The molecular formula is C17H18ClN3O2. The number of anilines is 1. The van der Waals surface area contributed by atoms with Crippen LogP contribution < -0.4 is 10.2 Å². The van der Waals surface area contributed by atoms with Gasteiger partial charge in [0, 0.05) is 43.1 Å². The number of halogens is 1. The molecule has 0 aliphatic carbocycles. The molecule has 0 bridgehead atoms. The normalized spacial score (nSPS) is 10.2. The van der Waals surface area contributed by atoms with Crippen LogP contribution >= 0.6 is 11.6 Å². The summed E-state index contributed by atoms with van der Waals surface area (Å²) in [4.78, 5) is 29.3. The number of aryl methyl sites for hydroxylation is 1. The number of hydrogen-bond donors (Lipinski definition) is 1. The van der Waals surface area contributed by atoms with Gasteiger partial charge >= 0.3 is 0 Å². The van der Waals surface area contributed by atoms with Crippen LogP contribution in [-0.4, -0.2) is 29.9 Å². The molecule has 1 N–H and O–H groups in total. The maximum atomic E-state index is 12.0. The molecule has 0 fully saturated rings.